The summed E-state index contributed by atoms with van der Waals surface area (Å²) in [5.74, 6) is -1.12. The number of aromatic nitrogens is 1. The number of carbonyl (C=O) groups is 1. The number of aromatic carboxylic acids is 1. The fourth-order valence-corrected chi connectivity index (χ4v) is 3.44. The van der Waals surface area contributed by atoms with Gasteiger partial charge in [-0.1, -0.05) is 20.8 Å². The molecule has 0 bridgehead atoms. The zero-order valence-electron chi connectivity index (χ0n) is 11.5. The molecule has 0 unspecified atom stereocenters. The number of aryl methyl sites for hydroxylation is 1. The second-order valence-corrected chi connectivity index (χ2v) is 6.09. The molecule has 6 nitrogen and oxygen atoms in total. The Balaban J connectivity index is 3.28. The van der Waals surface area contributed by atoms with Crippen molar-refractivity contribution < 1.29 is 18.3 Å². The average molecular weight is 288 g/mol. The lowest BCUT2D eigenvalue weighted by molar-refractivity contribution is 0.0685. The summed E-state index contributed by atoms with van der Waals surface area (Å²) in [7, 11) is -3.61. The number of rotatable bonds is 7. The molecule has 108 valence electrons. The van der Waals surface area contributed by atoms with E-state index in [-0.39, 0.29) is 10.6 Å². The third-order valence-electron chi connectivity index (χ3n) is 2.90. The zero-order chi connectivity index (χ0) is 14.6. The maximum Gasteiger partial charge on any atom is 0.352 e. The van der Waals surface area contributed by atoms with Gasteiger partial charge >= 0.3 is 5.97 Å². The molecule has 0 fully saturated rings. The molecular weight excluding hydrogens is 268 g/mol. The largest absolute Gasteiger partial charge is 0.477 e. The van der Waals surface area contributed by atoms with Crippen LogP contribution in [0.1, 0.15) is 37.7 Å². The summed E-state index contributed by atoms with van der Waals surface area (Å²) >= 11 is 0. The van der Waals surface area contributed by atoms with Gasteiger partial charge in [-0.3, -0.25) is 0 Å². The maximum absolute atomic E-state index is 12.3. The molecule has 7 heteroatoms. The van der Waals surface area contributed by atoms with E-state index in [1.165, 1.54) is 21.1 Å². The normalized spacial score (nSPS) is 12.0. The van der Waals surface area contributed by atoms with E-state index in [0.29, 0.717) is 19.6 Å². The van der Waals surface area contributed by atoms with E-state index in [9.17, 15) is 13.2 Å². The molecule has 1 aromatic rings. The smallest absolute Gasteiger partial charge is 0.352 e. The van der Waals surface area contributed by atoms with E-state index >= 15 is 0 Å². The molecule has 1 aromatic heterocycles. The van der Waals surface area contributed by atoms with Crippen LogP contribution in [0.3, 0.4) is 0 Å². The van der Waals surface area contributed by atoms with Crippen LogP contribution < -0.4 is 0 Å². The van der Waals surface area contributed by atoms with Crippen molar-refractivity contribution in [2.75, 3.05) is 13.1 Å². The Morgan fingerprint density at radius 1 is 1.32 bits per heavy atom. The van der Waals surface area contributed by atoms with Crippen LogP contribution in [0.25, 0.3) is 0 Å². The van der Waals surface area contributed by atoms with Crippen LogP contribution in [-0.4, -0.2) is 41.5 Å². The van der Waals surface area contributed by atoms with Gasteiger partial charge in [-0.05, 0) is 12.5 Å². The first kappa shape index (κ1) is 15.7. The van der Waals surface area contributed by atoms with E-state index in [1.54, 1.807) is 13.8 Å². The predicted molar refractivity (Wildman–Crippen MR) is 71.8 cm³/mol. The Kier molecular flexibility index (Phi) is 5.13. The van der Waals surface area contributed by atoms with Gasteiger partial charge in [-0.2, -0.15) is 4.31 Å². The summed E-state index contributed by atoms with van der Waals surface area (Å²) in [5.41, 5.74) is 0.00702. The lowest BCUT2D eigenvalue weighted by Gasteiger charge is -2.17. The van der Waals surface area contributed by atoms with Gasteiger partial charge in [0.1, 0.15) is 10.6 Å². The average Bonchev–Trinajstić information content (AvgIpc) is 2.75. The van der Waals surface area contributed by atoms with Crippen molar-refractivity contribution in [3.05, 3.63) is 18.0 Å². The first-order valence-electron chi connectivity index (χ1n) is 6.32. The second-order valence-electron chi connectivity index (χ2n) is 4.15. The van der Waals surface area contributed by atoms with Gasteiger partial charge in [-0.25, -0.2) is 13.2 Å². The van der Waals surface area contributed by atoms with Crippen LogP contribution in [0, 0.1) is 0 Å². The summed E-state index contributed by atoms with van der Waals surface area (Å²) in [6.07, 6.45) is 2.14. The van der Waals surface area contributed by atoms with Crippen LogP contribution in [-0.2, 0) is 16.6 Å². The highest BCUT2D eigenvalue weighted by atomic mass is 32.2. The van der Waals surface area contributed by atoms with Gasteiger partial charge < -0.3 is 9.67 Å². The van der Waals surface area contributed by atoms with Crippen molar-refractivity contribution in [1.29, 1.82) is 0 Å². The minimum Gasteiger partial charge on any atom is -0.477 e. The number of carboxylic acids is 1. The monoisotopic (exact) mass is 288 g/mol. The molecule has 0 aromatic carbocycles. The van der Waals surface area contributed by atoms with Crippen LogP contribution in [0.2, 0.25) is 0 Å². The molecule has 0 saturated heterocycles. The Morgan fingerprint density at radius 3 is 2.32 bits per heavy atom. The van der Waals surface area contributed by atoms with Crippen molar-refractivity contribution in [2.45, 2.75) is 38.6 Å². The van der Waals surface area contributed by atoms with Gasteiger partial charge in [0.05, 0.1) is 0 Å². The number of hydrogen-bond donors (Lipinski definition) is 1. The zero-order valence-corrected chi connectivity index (χ0v) is 12.3. The van der Waals surface area contributed by atoms with E-state index < -0.39 is 16.0 Å². The summed E-state index contributed by atoms with van der Waals surface area (Å²) in [4.78, 5) is 11.2. The van der Waals surface area contributed by atoms with E-state index in [2.05, 4.69) is 0 Å². The standard InChI is InChI=1S/C12H20N2O4S/c1-4-7-13-9-10(8-11(13)12(15)16)19(17,18)14(5-2)6-3/h8-9H,4-7H2,1-3H3,(H,15,16). The molecule has 1 heterocycles. The lowest BCUT2D eigenvalue weighted by atomic mass is 10.4. The maximum atomic E-state index is 12.3. The van der Waals surface area contributed by atoms with E-state index in [4.69, 9.17) is 5.11 Å². The molecule has 0 saturated carbocycles. The highest BCUT2D eigenvalue weighted by molar-refractivity contribution is 7.89. The highest BCUT2D eigenvalue weighted by Crippen LogP contribution is 2.19. The van der Waals surface area contributed by atoms with Gasteiger partial charge in [-0.15, -0.1) is 0 Å². The molecule has 0 atom stereocenters. The summed E-state index contributed by atoms with van der Waals surface area (Å²) in [6.45, 7) is 6.62. The molecule has 0 radical (unpaired) electrons. The number of sulfonamides is 1. The molecule has 0 aliphatic rings. The summed E-state index contributed by atoms with van der Waals surface area (Å²) < 4.78 is 27.4. The minimum absolute atomic E-state index is 0.00702. The number of hydrogen-bond acceptors (Lipinski definition) is 3. The molecule has 0 aliphatic carbocycles. The first-order chi connectivity index (χ1) is 8.88. The van der Waals surface area contributed by atoms with E-state index in [1.807, 2.05) is 6.92 Å². The van der Waals surface area contributed by atoms with Crippen molar-refractivity contribution in [3.63, 3.8) is 0 Å². The van der Waals surface area contributed by atoms with E-state index in [0.717, 1.165) is 6.42 Å². The van der Waals surface area contributed by atoms with Gasteiger partial charge in [0, 0.05) is 25.8 Å². The number of carboxylic acid groups (broad SMARTS) is 1. The lowest BCUT2D eigenvalue weighted by Crippen LogP contribution is -2.30. The Hall–Kier alpha value is -1.34. The van der Waals surface area contributed by atoms with Crippen LogP contribution in [0.15, 0.2) is 17.2 Å². The molecular formula is C12H20N2O4S. The summed E-state index contributed by atoms with van der Waals surface area (Å²) in [6, 6.07) is 1.23. The SMILES string of the molecule is CCCn1cc(S(=O)(=O)N(CC)CC)cc1C(=O)O. The number of nitrogens with zero attached hydrogens (tertiary/aromatic N) is 2. The Bertz CT molecular complexity index is 544. The van der Waals surface area contributed by atoms with Crippen LogP contribution >= 0.6 is 0 Å². The first-order valence-corrected chi connectivity index (χ1v) is 7.76. The van der Waals surface area contributed by atoms with Crippen molar-refractivity contribution >= 4 is 16.0 Å². The fourth-order valence-electron chi connectivity index (χ4n) is 1.94. The highest BCUT2D eigenvalue weighted by Gasteiger charge is 2.25. The van der Waals surface area contributed by atoms with Crippen LogP contribution in [0.4, 0.5) is 0 Å². The fraction of sp³-hybridized carbons (Fsp3) is 0.583. The van der Waals surface area contributed by atoms with Gasteiger partial charge in [0.15, 0.2) is 0 Å². The third-order valence-corrected chi connectivity index (χ3v) is 4.91. The Labute approximate surface area is 113 Å². The van der Waals surface area contributed by atoms with Crippen molar-refractivity contribution in [2.24, 2.45) is 0 Å². The molecule has 0 amide bonds. The molecule has 0 aliphatic heterocycles. The van der Waals surface area contributed by atoms with Gasteiger partial charge in [0.25, 0.3) is 0 Å². The topological polar surface area (TPSA) is 79.6 Å². The molecule has 1 rings (SSSR count). The molecule has 19 heavy (non-hydrogen) atoms. The van der Waals surface area contributed by atoms with Crippen molar-refractivity contribution in [1.82, 2.24) is 8.87 Å². The molecule has 1 N–H and O–H groups in total. The Morgan fingerprint density at radius 2 is 1.89 bits per heavy atom. The van der Waals surface area contributed by atoms with Crippen molar-refractivity contribution in [3.8, 4) is 0 Å². The minimum atomic E-state index is -3.61. The third kappa shape index (κ3) is 3.16. The second kappa shape index (κ2) is 6.21. The van der Waals surface area contributed by atoms with Crippen LogP contribution in [0.5, 0.6) is 0 Å². The molecule has 0 spiro atoms. The quantitative estimate of drug-likeness (QED) is 0.827. The predicted octanol–water partition coefficient (Wildman–Crippen LogP) is 1.63. The van der Waals surface area contributed by atoms with Gasteiger partial charge in [0.2, 0.25) is 10.0 Å². The summed E-state index contributed by atoms with van der Waals surface area (Å²) in [5, 5.41) is 9.10.